The normalized spacial score (nSPS) is 15.4. The van der Waals surface area contributed by atoms with Crippen LogP contribution in [0.1, 0.15) is 0 Å². The minimum Gasteiger partial charge on any atom is -0.313 e. The molecule has 4 rings (SSSR count). The Bertz CT molecular complexity index is 1020. The molecule has 3 aromatic rings. The summed E-state index contributed by atoms with van der Waals surface area (Å²) in [5, 5.41) is 0.00106. The summed E-state index contributed by atoms with van der Waals surface area (Å²) < 4.78 is 52.4. The molecule has 0 atom stereocenters. The molecule has 0 saturated heterocycles. The molecule has 122 valence electrons. The fraction of sp³-hybridized carbons (Fsp3) is 0.118. The number of hydrogen-bond acceptors (Lipinski definition) is 3. The van der Waals surface area contributed by atoms with E-state index in [9.17, 15) is 17.2 Å². The molecule has 0 aliphatic carbocycles. The average molecular weight is 346 g/mol. The summed E-state index contributed by atoms with van der Waals surface area (Å²) in [6.07, 6.45) is 0. The van der Waals surface area contributed by atoms with Crippen molar-refractivity contribution in [2.75, 3.05) is 5.75 Å². The fourth-order valence-corrected chi connectivity index (χ4v) is 4.24. The van der Waals surface area contributed by atoms with Crippen LogP contribution in [0.25, 0.3) is 22.5 Å². The van der Waals surface area contributed by atoms with Crippen LogP contribution in [-0.2, 0) is 16.4 Å². The Morgan fingerprint density at radius 3 is 2.00 bits per heavy atom. The average Bonchev–Trinajstić information content (AvgIpc) is 3.07. The predicted molar refractivity (Wildman–Crippen MR) is 85.1 cm³/mol. The van der Waals surface area contributed by atoms with Crippen LogP contribution in [0.15, 0.2) is 53.7 Å². The van der Waals surface area contributed by atoms with Crippen molar-refractivity contribution in [2.24, 2.45) is 0 Å². The van der Waals surface area contributed by atoms with E-state index in [-0.39, 0.29) is 22.5 Å². The quantitative estimate of drug-likeness (QED) is 0.715. The molecule has 2 aromatic carbocycles. The Morgan fingerprint density at radius 2 is 1.42 bits per heavy atom. The van der Waals surface area contributed by atoms with Crippen LogP contribution >= 0.6 is 0 Å². The molecule has 24 heavy (non-hydrogen) atoms. The maximum Gasteiger partial charge on any atom is 0.228 e. The Balaban J connectivity index is 2.00. The second kappa shape index (κ2) is 5.24. The van der Waals surface area contributed by atoms with Crippen molar-refractivity contribution in [3.8, 4) is 22.5 Å². The third-order valence-electron chi connectivity index (χ3n) is 4.03. The molecule has 1 aromatic heterocycles. The van der Waals surface area contributed by atoms with Gasteiger partial charge in [-0.1, -0.05) is 0 Å². The number of halogens is 2. The van der Waals surface area contributed by atoms with Gasteiger partial charge < -0.3 is 4.57 Å². The zero-order valence-corrected chi connectivity index (χ0v) is 13.2. The lowest BCUT2D eigenvalue weighted by atomic mass is 10.0. The number of aromatic nitrogens is 2. The SMILES string of the molecule is O=S1(=O)CCn2c1nc(-c1ccc(F)cc1)c2-c1ccc(F)cc1. The van der Waals surface area contributed by atoms with Crippen molar-refractivity contribution in [1.29, 1.82) is 0 Å². The number of imidazole rings is 1. The minimum atomic E-state index is -3.44. The number of fused-ring (bicyclic) bond motifs is 1. The number of sulfone groups is 1. The Morgan fingerprint density at radius 1 is 0.875 bits per heavy atom. The van der Waals surface area contributed by atoms with E-state index in [0.29, 0.717) is 29.1 Å². The van der Waals surface area contributed by atoms with Crippen molar-refractivity contribution < 1.29 is 17.2 Å². The van der Waals surface area contributed by atoms with Gasteiger partial charge in [0.1, 0.15) is 11.6 Å². The zero-order chi connectivity index (χ0) is 16.9. The van der Waals surface area contributed by atoms with Crippen LogP contribution in [0.4, 0.5) is 8.78 Å². The molecule has 0 spiro atoms. The van der Waals surface area contributed by atoms with E-state index in [4.69, 9.17) is 0 Å². The topological polar surface area (TPSA) is 52.0 Å². The Labute approximate surface area is 137 Å². The molecular formula is C17H12F2N2O2S. The zero-order valence-electron chi connectivity index (χ0n) is 12.4. The molecule has 0 unspecified atom stereocenters. The van der Waals surface area contributed by atoms with Crippen LogP contribution in [-0.4, -0.2) is 23.7 Å². The molecule has 1 aliphatic rings. The van der Waals surface area contributed by atoms with E-state index in [2.05, 4.69) is 4.98 Å². The highest BCUT2D eigenvalue weighted by Gasteiger charge is 2.33. The molecule has 0 amide bonds. The van der Waals surface area contributed by atoms with Crippen molar-refractivity contribution in [3.63, 3.8) is 0 Å². The summed E-state index contributed by atoms with van der Waals surface area (Å²) in [6, 6.07) is 11.5. The molecule has 0 saturated carbocycles. The molecule has 0 fully saturated rings. The van der Waals surface area contributed by atoms with E-state index >= 15 is 0 Å². The van der Waals surface area contributed by atoms with Crippen molar-refractivity contribution in [1.82, 2.24) is 9.55 Å². The molecule has 0 bridgehead atoms. The summed E-state index contributed by atoms with van der Waals surface area (Å²) >= 11 is 0. The second-order valence-electron chi connectivity index (χ2n) is 5.58. The van der Waals surface area contributed by atoms with Gasteiger partial charge in [-0.25, -0.2) is 22.2 Å². The van der Waals surface area contributed by atoms with Crippen LogP contribution in [0.5, 0.6) is 0 Å². The van der Waals surface area contributed by atoms with E-state index in [0.717, 1.165) is 0 Å². The van der Waals surface area contributed by atoms with Crippen molar-refractivity contribution >= 4 is 9.84 Å². The lowest BCUT2D eigenvalue weighted by Crippen LogP contribution is -2.00. The third kappa shape index (κ3) is 2.32. The Kier molecular flexibility index (Phi) is 3.28. The Hall–Kier alpha value is -2.54. The lowest BCUT2D eigenvalue weighted by molar-refractivity contribution is 0.595. The largest absolute Gasteiger partial charge is 0.313 e. The fourth-order valence-electron chi connectivity index (χ4n) is 2.89. The van der Waals surface area contributed by atoms with Crippen molar-refractivity contribution in [3.05, 3.63) is 60.2 Å². The standard InChI is InChI=1S/C17H12F2N2O2S/c18-13-5-1-11(2-6-13)15-16(12-3-7-14(19)8-4-12)21-9-10-24(22,23)17(21)20-15/h1-8H,9-10H2. The summed E-state index contributed by atoms with van der Waals surface area (Å²) in [6.45, 7) is 0.290. The molecule has 7 heteroatoms. The highest BCUT2D eigenvalue weighted by atomic mass is 32.2. The molecule has 0 radical (unpaired) electrons. The van der Waals surface area contributed by atoms with Gasteiger partial charge >= 0.3 is 0 Å². The van der Waals surface area contributed by atoms with E-state index in [1.165, 1.54) is 24.3 Å². The minimum absolute atomic E-state index is 0.00106. The first kappa shape index (κ1) is 15.0. The van der Waals surface area contributed by atoms with Crippen LogP contribution in [0.2, 0.25) is 0 Å². The summed E-state index contributed by atoms with van der Waals surface area (Å²) in [5.74, 6) is -0.773. The van der Waals surface area contributed by atoms with Gasteiger partial charge in [-0.05, 0) is 48.5 Å². The maximum absolute atomic E-state index is 13.2. The summed E-state index contributed by atoms with van der Waals surface area (Å²) in [4.78, 5) is 4.30. The molecule has 4 nitrogen and oxygen atoms in total. The van der Waals surface area contributed by atoms with E-state index < -0.39 is 9.84 Å². The number of rotatable bonds is 2. The predicted octanol–water partition coefficient (Wildman–Crippen LogP) is 3.28. The molecule has 2 heterocycles. The first-order valence-electron chi connectivity index (χ1n) is 7.31. The highest BCUT2D eigenvalue weighted by Crippen LogP contribution is 2.36. The van der Waals surface area contributed by atoms with Gasteiger partial charge in [-0.2, -0.15) is 0 Å². The first-order valence-corrected chi connectivity index (χ1v) is 8.96. The molecular weight excluding hydrogens is 334 g/mol. The van der Waals surface area contributed by atoms with E-state index in [1.807, 2.05) is 0 Å². The van der Waals surface area contributed by atoms with Gasteiger partial charge in [0.15, 0.2) is 0 Å². The number of hydrogen-bond donors (Lipinski definition) is 0. The summed E-state index contributed by atoms with van der Waals surface area (Å²) in [5.41, 5.74) is 2.30. The van der Waals surface area contributed by atoms with Gasteiger partial charge in [0, 0.05) is 17.7 Å². The summed E-state index contributed by atoms with van der Waals surface area (Å²) in [7, 11) is -3.44. The monoisotopic (exact) mass is 346 g/mol. The third-order valence-corrected chi connectivity index (χ3v) is 5.62. The van der Waals surface area contributed by atoms with E-state index in [1.54, 1.807) is 28.8 Å². The van der Waals surface area contributed by atoms with Crippen molar-refractivity contribution in [2.45, 2.75) is 11.7 Å². The van der Waals surface area contributed by atoms with Gasteiger partial charge in [0.05, 0.1) is 17.1 Å². The van der Waals surface area contributed by atoms with Gasteiger partial charge in [-0.15, -0.1) is 0 Å². The van der Waals surface area contributed by atoms with Gasteiger partial charge in [-0.3, -0.25) is 0 Å². The van der Waals surface area contributed by atoms with Crippen LogP contribution in [0.3, 0.4) is 0 Å². The number of nitrogens with zero attached hydrogens (tertiary/aromatic N) is 2. The maximum atomic E-state index is 13.2. The van der Waals surface area contributed by atoms with Gasteiger partial charge in [0.25, 0.3) is 0 Å². The lowest BCUT2D eigenvalue weighted by Gasteiger charge is -2.08. The van der Waals surface area contributed by atoms with Crippen LogP contribution < -0.4 is 0 Å². The second-order valence-corrected chi connectivity index (χ2v) is 7.58. The molecule has 0 N–H and O–H groups in total. The smallest absolute Gasteiger partial charge is 0.228 e. The molecule has 1 aliphatic heterocycles. The highest BCUT2D eigenvalue weighted by molar-refractivity contribution is 7.91. The number of benzene rings is 2. The van der Waals surface area contributed by atoms with Crippen LogP contribution in [0, 0.1) is 11.6 Å². The van der Waals surface area contributed by atoms with Gasteiger partial charge in [0.2, 0.25) is 15.0 Å². The first-order chi connectivity index (χ1) is 11.5.